The zero-order valence-electron chi connectivity index (χ0n) is 18.8. The number of halogens is 2. The molecule has 2 aromatic heterocycles. The minimum Gasteiger partial charge on any atom is -0.593 e. The second-order valence-electron chi connectivity index (χ2n) is 8.32. The predicted octanol–water partition coefficient (Wildman–Crippen LogP) is 5.62. The number of hydrogen-bond donors (Lipinski definition) is 3. The molecule has 0 saturated heterocycles. The standard InChI is InChI=1S/C25H22F2N6OS/c1-15(28)29-14-30-19-3-7-25-23(12-31-33(25)13-19)17-8-16(22-6-2-18(26)11-24(22)27)9-20(10-17)32-35(34)21-4-5-21/h2-3,6-14,21,32H,4-5H2,1H3,(H2,28,29,30). The van der Waals surface area contributed by atoms with Crippen LogP contribution in [0.5, 0.6) is 0 Å². The molecule has 0 amide bonds. The molecule has 0 bridgehead atoms. The number of rotatable bonds is 7. The van der Waals surface area contributed by atoms with E-state index in [2.05, 4.69) is 20.1 Å². The highest BCUT2D eigenvalue weighted by Gasteiger charge is 2.35. The average Bonchev–Trinajstić information content (AvgIpc) is 3.58. The van der Waals surface area contributed by atoms with E-state index in [-0.39, 0.29) is 16.6 Å². The van der Waals surface area contributed by atoms with Crippen LogP contribution in [-0.2, 0) is 11.4 Å². The van der Waals surface area contributed by atoms with Gasteiger partial charge in [0.2, 0.25) is 0 Å². The second-order valence-corrected chi connectivity index (χ2v) is 9.78. The zero-order valence-corrected chi connectivity index (χ0v) is 19.6. The molecular formula is C25H22F2N6OS. The van der Waals surface area contributed by atoms with Crippen molar-refractivity contribution in [3.05, 3.63) is 72.6 Å². The molecule has 1 aliphatic carbocycles. The average molecular weight is 493 g/mol. The van der Waals surface area contributed by atoms with Gasteiger partial charge in [-0.3, -0.25) is 5.41 Å². The van der Waals surface area contributed by atoms with Gasteiger partial charge in [0.05, 0.1) is 47.0 Å². The molecule has 0 radical (unpaired) electrons. The van der Waals surface area contributed by atoms with Gasteiger partial charge in [0.25, 0.3) is 0 Å². The smallest absolute Gasteiger partial charge is 0.141 e. The van der Waals surface area contributed by atoms with Crippen LogP contribution in [0.3, 0.4) is 0 Å². The van der Waals surface area contributed by atoms with Crippen LogP contribution in [0.4, 0.5) is 20.2 Å². The lowest BCUT2D eigenvalue weighted by atomic mass is 9.98. The Morgan fingerprint density at radius 2 is 1.89 bits per heavy atom. The van der Waals surface area contributed by atoms with Crippen LogP contribution >= 0.6 is 0 Å². The number of anilines is 2. The molecule has 4 aromatic rings. The number of nitrogens with zero attached hydrogens (tertiary/aromatic N) is 3. The van der Waals surface area contributed by atoms with Crippen molar-refractivity contribution in [2.45, 2.75) is 25.0 Å². The lowest BCUT2D eigenvalue weighted by Gasteiger charge is -2.14. The van der Waals surface area contributed by atoms with Gasteiger partial charge in [-0.25, -0.2) is 23.0 Å². The summed E-state index contributed by atoms with van der Waals surface area (Å²) in [5, 5.41) is 14.9. The van der Waals surface area contributed by atoms with Gasteiger partial charge in [0.15, 0.2) is 0 Å². The van der Waals surface area contributed by atoms with Crippen molar-refractivity contribution in [3.63, 3.8) is 0 Å². The highest BCUT2D eigenvalue weighted by atomic mass is 32.2. The topological polar surface area (TPSA) is 101 Å². The first-order valence-electron chi connectivity index (χ1n) is 11.0. The summed E-state index contributed by atoms with van der Waals surface area (Å²) >= 11 is -1.24. The van der Waals surface area contributed by atoms with Crippen molar-refractivity contribution in [2.75, 3.05) is 10.0 Å². The molecule has 7 nitrogen and oxygen atoms in total. The van der Waals surface area contributed by atoms with Crippen molar-refractivity contribution in [1.29, 1.82) is 5.41 Å². The molecule has 2 aromatic carbocycles. The van der Waals surface area contributed by atoms with Crippen molar-refractivity contribution in [1.82, 2.24) is 9.61 Å². The fourth-order valence-corrected chi connectivity index (χ4v) is 4.78. The van der Waals surface area contributed by atoms with Crippen LogP contribution in [-0.4, -0.2) is 31.6 Å². The van der Waals surface area contributed by atoms with E-state index >= 15 is 0 Å². The zero-order chi connectivity index (χ0) is 24.5. The van der Waals surface area contributed by atoms with Crippen molar-refractivity contribution < 1.29 is 13.3 Å². The normalized spacial score (nSPS) is 14.4. The van der Waals surface area contributed by atoms with E-state index in [1.54, 1.807) is 29.9 Å². The fourth-order valence-electron chi connectivity index (χ4n) is 3.70. The Morgan fingerprint density at radius 1 is 1.11 bits per heavy atom. The SMILES string of the molecule is CC(=N)/N=C\Nc1ccc2c(-c3cc(N[S+]([O-])C4CC4)cc(-c4ccc(F)cc4F)c3)cnn2c1. The maximum atomic E-state index is 14.6. The highest BCUT2D eigenvalue weighted by Crippen LogP contribution is 2.36. The van der Waals surface area contributed by atoms with Gasteiger partial charge in [0.1, 0.15) is 22.7 Å². The molecule has 2 heterocycles. The third-order valence-corrected chi connectivity index (χ3v) is 7.05. The molecule has 1 atom stereocenters. The summed E-state index contributed by atoms with van der Waals surface area (Å²) < 4.78 is 45.4. The van der Waals surface area contributed by atoms with E-state index < -0.39 is 23.0 Å². The summed E-state index contributed by atoms with van der Waals surface area (Å²) in [7, 11) is 0. The molecular weight excluding hydrogens is 470 g/mol. The van der Waals surface area contributed by atoms with Crippen molar-refractivity contribution >= 4 is 40.4 Å². The molecule has 0 spiro atoms. The molecule has 5 rings (SSSR count). The second kappa shape index (κ2) is 9.47. The number of amidine groups is 1. The first kappa shape index (κ1) is 23.0. The first-order valence-corrected chi connectivity index (χ1v) is 12.2. The molecule has 35 heavy (non-hydrogen) atoms. The third kappa shape index (κ3) is 5.18. The number of benzene rings is 2. The van der Waals surface area contributed by atoms with E-state index in [4.69, 9.17) is 5.41 Å². The fraction of sp³-hybridized carbons (Fsp3) is 0.160. The van der Waals surface area contributed by atoms with Crippen LogP contribution in [0.1, 0.15) is 19.8 Å². The van der Waals surface area contributed by atoms with Gasteiger partial charge in [-0.2, -0.15) is 5.10 Å². The Bertz CT molecular complexity index is 1450. The van der Waals surface area contributed by atoms with Gasteiger partial charge in [-0.15, -0.1) is 0 Å². The minimum absolute atomic E-state index is 0.118. The van der Waals surface area contributed by atoms with Gasteiger partial charge in [-0.05, 0) is 60.5 Å². The lowest BCUT2D eigenvalue weighted by molar-refractivity contribution is 0.585. The molecule has 3 N–H and O–H groups in total. The van der Waals surface area contributed by atoms with Crippen LogP contribution < -0.4 is 10.0 Å². The Labute approximate surface area is 203 Å². The number of nitrogens with one attached hydrogen (secondary N) is 3. The number of hydrogen-bond acceptors (Lipinski definition) is 4. The summed E-state index contributed by atoms with van der Waals surface area (Å²) in [5.41, 5.74) is 4.46. The van der Waals surface area contributed by atoms with Gasteiger partial charge >= 0.3 is 0 Å². The molecule has 178 valence electrons. The van der Waals surface area contributed by atoms with E-state index in [9.17, 15) is 13.3 Å². The highest BCUT2D eigenvalue weighted by molar-refractivity contribution is 7.93. The maximum absolute atomic E-state index is 14.6. The van der Waals surface area contributed by atoms with Crippen molar-refractivity contribution in [3.8, 4) is 22.3 Å². The van der Waals surface area contributed by atoms with E-state index in [1.807, 2.05) is 24.3 Å². The summed E-state index contributed by atoms with van der Waals surface area (Å²) in [6, 6.07) is 12.6. The van der Waals surface area contributed by atoms with Crippen LogP contribution in [0, 0.1) is 17.0 Å². The number of aliphatic imine (C=N–C) groups is 1. The lowest BCUT2D eigenvalue weighted by Crippen LogP contribution is -2.17. The third-order valence-electron chi connectivity index (χ3n) is 5.54. The number of pyridine rings is 1. The van der Waals surface area contributed by atoms with E-state index in [1.165, 1.54) is 18.5 Å². The Kier molecular flexibility index (Phi) is 6.23. The van der Waals surface area contributed by atoms with Gasteiger partial charge in [0, 0.05) is 30.0 Å². The van der Waals surface area contributed by atoms with E-state index in [0.29, 0.717) is 11.3 Å². The summed E-state index contributed by atoms with van der Waals surface area (Å²) in [5.74, 6) is -1.14. The number of aromatic nitrogens is 2. The molecule has 1 aliphatic rings. The van der Waals surface area contributed by atoms with Crippen LogP contribution in [0.2, 0.25) is 0 Å². The summed E-state index contributed by atoms with van der Waals surface area (Å²) in [6.07, 6.45) is 6.75. The molecule has 10 heteroatoms. The molecule has 1 saturated carbocycles. The maximum Gasteiger partial charge on any atom is 0.141 e. The largest absolute Gasteiger partial charge is 0.593 e. The van der Waals surface area contributed by atoms with E-state index in [0.717, 1.165) is 41.2 Å². The molecule has 0 aliphatic heterocycles. The molecule has 1 fully saturated rings. The monoisotopic (exact) mass is 492 g/mol. The van der Waals surface area contributed by atoms with Crippen molar-refractivity contribution in [2.24, 2.45) is 4.99 Å². The molecule has 1 unspecified atom stereocenters. The predicted molar refractivity (Wildman–Crippen MR) is 136 cm³/mol. The Hall–Kier alpha value is -3.76. The van der Waals surface area contributed by atoms with Gasteiger partial charge < -0.3 is 9.87 Å². The van der Waals surface area contributed by atoms with Crippen LogP contribution in [0.25, 0.3) is 27.8 Å². The quantitative estimate of drug-likeness (QED) is 0.177. The minimum atomic E-state index is -1.24. The van der Waals surface area contributed by atoms with Crippen LogP contribution in [0.15, 0.2) is 65.9 Å². The Morgan fingerprint density at radius 3 is 2.60 bits per heavy atom. The van der Waals surface area contributed by atoms with Gasteiger partial charge in [-0.1, -0.05) is 0 Å². The number of fused-ring (bicyclic) bond motifs is 1. The first-order chi connectivity index (χ1) is 16.9. The summed E-state index contributed by atoms with van der Waals surface area (Å²) in [6.45, 7) is 1.58. The summed E-state index contributed by atoms with van der Waals surface area (Å²) in [4.78, 5) is 3.89. The Balaban J connectivity index is 1.55.